The lowest BCUT2D eigenvalue weighted by Gasteiger charge is -2.31. The fourth-order valence-electron chi connectivity index (χ4n) is 3.42. The molecule has 1 amide bonds. The van der Waals surface area contributed by atoms with E-state index >= 15 is 0 Å². The van der Waals surface area contributed by atoms with Crippen molar-refractivity contribution in [3.8, 4) is 5.75 Å². The molecule has 0 radical (unpaired) electrons. The van der Waals surface area contributed by atoms with Gasteiger partial charge in [0.05, 0.1) is 23.2 Å². The fourth-order valence-corrected chi connectivity index (χ4v) is 4.89. The van der Waals surface area contributed by atoms with Gasteiger partial charge < -0.3 is 10.1 Å². The molecule has 1 saturated heterocycles. The predicted octanol–water partition coefficient (Wildman–Crippen LogP) is 2.76. The van der Waals surface area contributed by atoms with Crippen LogP contribution < -0.4 is 10.1 Å². The minimum Gasteiger partial charge on any atom is -0.494 e. The van der Waals surface area contributed by atoms with Crippen molar-refractivity contribution in [2.24, 2.45) is 5.92 Å². The fraction of sp³-hybridized carbons (Fsp3) is 0.429. The van der Waals surface area contributed by atoms with Crippen LogP contribution in [-0.4, -0.2) is 43.3 Å². The summed E-state index contributed by atoms with van der Waals surface area (Å²) in [6.07, 6.45) is 2.69. The highest BCUT2D eigenvalue weighted by molar-refractivity contribution is 7.89. The van der Waals surface area contributed by atoms with Crippen molar-refractivity contribution < 1.29 is 17.9 Å². The van der Waals surface area contributed by atoms with Crippen LogP contribution >= 0.6 is 0 Å². The summed E-state index contributed by atoms with van der Waals surface area (Å²) in [7, 11) is -3.57. The van der Waals surface area contributed by atoms with E-state index in [9.17, 15) is 13.2 Å². The van der Waals surface area contributed by atoms with Gasteiger partial charge in [-0.3, -0.25) is 9.78 Å². The van der Waals surface area contributed by atoms with Gasteiger partial charge in [-0.05, 0) is 63.1 Å². The summed E-state index contributed by atoms with van der Waals surface area (Å²) in [5, 5.41) is 2.99. The average Bonchev–Trinajstić information content (AvgIpc) is 2.75. The molecular formula is C21H27N3O4S. The van der Waals surface area contributed by atoms with Crippen LogP contribution in [0.15, 0.2) is 53.6 Å². The van der Waals surface area contributed by atoms with Crippen molar-refractivity contribution in [3.63, 3.8) is 0 Å². The first-order valence-corrected chi connectivity index (χ1v) is 11.3. The minimum absolute atomic E-state index is 0.0544. The molecule has 3 rings (SSSR count). The maximum atomic E-state index is 12.9. The quantitative estimate of drug-likeness (QED) is 0.748. The van der Waals surface area contributed by atoms with E-state index in [1.54, 1.807) is 30.5 Å². The van der Waals surface area contributed by atoms with Crippen LogP contribution in [0.2, 0.25) is 0 Å². The minimum atomic E-state index is -3.57. The van der Waals surface area contributed by atoms with Gasteiger partial charge >= 0.3 is 0 Å². The van der Waals surface area contributed by atoms with E-state index in [0.29, 0.717) is 38.3 Å². The molecular weight excluding hydrogens is 390 g/mol. The molecule has 2 aromatic rings. The third kappa shape index (κ3) is 5.13. The highest BCUT2D eigenvalue weighted by atomic mass is 32.2. The molecule has 0 unspecified atom stereocenters. The Balaban J connectivity index is 1.57. The number of carbonyl (C=O) groups is 1. The van der Waals surface area contributed by atoms with Gasteiger partial charge in [-0.1, -0.05) is 6.07 Å². The van der Waals surface area contributed by atoms with E-state index < -0.39 is 10.0 Å². The van der Waals surface area contributed by atoms with Gasteiger partial charge in [0.15, 0.2) is 0 Å². The molecule has 8 heteroatoms. The van der Waals surface area contributed by atoms with E-state index in [1.165, 1.54) is 4.31 Å². The summed E-state index contributed by atoms with van der Waals surface area (Å²) < 4.78 is 32.6. The van der Waals surface area contributed by atoms with Gasteiger partial charge in [-0.15, -0.1) is 0 Å². The van der Waals surface area contributed by atoms with E-state index in [4.69, 9.17) is 4.74 Å². The Bertz CT molecular complexity index is 909. The number of ether oxygens (including phenoxy) is 1. The van der Waals surface area contributed by atoms with Crippen molar-refractivity contribution in [1.29, 1.82) is 0 Å². The second-order valence-corrected chi connectivity index (χ2v) is 9.01. The summed E-state index contributed by atoms with van der Waals surface area (Å²) >= 11 is 0. The summed E-state index contributed by atoms with van der Waals surface area (Å²) in [5.41, 5.74) is 0.802. The molecule has 29 heavy (non-hydrogen) atoms. The predicted molar refractivity (Wildman–Crippen MR) is 110 cm³/mol. The summed E-state index contributed by atoms with van der Waals surface area (Å²) in [5.74, 6) is 0.387. The number of pyridine rings is 1. The molecule has 1 aromatic carbocycles. The molecule has 156 valence electrons. The van der Waals surface area contributed by atoms with Crippen LogP contribution in [0.4, 0.5) is 0 Å². The second kappa shape index (κ2) is 9.37. The van der Waals surface area contributed by atoms with Gasteiger partial charge in [0.2, 0.25) is 15.9 Å². The average molecular weight is 418 g/mol. The Morgan fingerprint density at radius 2 is 1.90 bits per heavy atom. The van der Waals surface area contributed by atoms with E-state index in [1.807, 2.05) is 32.0 Å². The summed E-state index contributed by atoms with van der Waals surface area (Å²) in [6.45, 7) is 4.95. The Labute approximate surface area is 172 Å². The lowest BCUT2D eigenvalue weighted by Crippen LogP contribution is -2.43. The molecule has 2 heterocycles. The Hall–Kier alpha value is -2.45. The first-order valence-electron chi connectivity index (χ1n) is 9.86. The zero-order chi connectivity index (χ0) is 20.9. The Morgan fingerprint density at radius 3 is 2.48 bits per heavy atom. The number of hydrogen-bond donors (Lipinski definition) is 1. The SMILES string of the molecule is CCOc1ccc(S(=O)(=O)N2CCC(C(=O)N[C@@H](C)c3ccccn3)CC2)cc1. The number of rotatable bonds is 7. The molecule has 1 aromatic heterocycles. The summed E-state index contributed by atoms with van der Waals surface area (Å²) in [4.78, 5) is 17.1. The number of carbonyl (C=O) groups excluding carboxylic acids is 1. The topological polar surface area (TPSA) is 88.6 Å². The lowest BCUT2D eigenvalue weighted by molar-refractivity contribution is -0.126. The molecule has 7 nitrogen and oxygen atoms in total. The molecule has 1 atom stereocenters. The molecule has 0 saturated carbocycles. The molecule has 0 spiro atoms. The molecule has 1 N–H and O–H groups in total. The van der Waals surface area contributed by atoms with Crippen LogP contribution in [0.1, 0.15) is 38.4 Å². The van der Waals surface area contributed by atoms with Crippen molar-refractivity contribution in [1.82, 2.24) is 14.6 Å². The van der Waals surface area contributed by atoms with Crippen LogP contribution in [0.25, 0.3) is 0 Å². The lowest BCUT2D eigenvalue weighted by atomic mass is 9.97. The van der Waals surface area contributed by atoms with Gasteiger partial charge in [0, 0.05) is 25.2 Å². The molecule has 1 fully saturated rings. The van der Waals surface area contributed by atoms with E-state index in [0.717, 1.165) is 5.69 Å². The van der Waals surface area contributed by atoms with Gasteiger partial charge in [0.25, 0.3) is 0 Å². The highest BCUT2D eigenvalue weighted by Gasteiger charge is 2.32. The zero-order valence-corrected chi connectivity index (χ0v) is 17.6. The maximum absolute atomic E-state index is 12.9. The Kier molecular flexibility index (Phi) is 6.87. The first-order chi connectivity index (χ1) is 13.9. The van der Waals surface area contributed by atoms with Gasteiger partial charge in [-0.2, -0.15) is 4.31 Å². The number of amides is 1. The van der Waals surface area contributed by atoms with Crippen molar-refractivity contribution in [3.05, 3.63) is 54.4 Å². The largest absolute Gasteiger partial charge is 0.494 e. The normalized spacial score (nSPS) is 16.9. The van der Waals surface area contributed by atoms with Crippen LogP contribution in [0.3, 0.4) is 0 Å². The van der Waals surface area contributed by atoms with Crippen LogP contribution in [0.5, 0.6) is 5.75 Å². The van der Waals surface area contributed by atoms with E-state index in [2.05, 4.69) is 10.3 Å². The Morgan fingerprint density at radius 1 is 1.21 bits per heavy atom. The van der Waals surface area contributed by atoms with Crippen LogP contribution in [-0.2, 0) is 14.8 Å². The third-order valence-corrected chi connectivity index (χ3v) is 7.00. The maximum Gasteiger partial charge on any atom is 0.243 e. The number of hydrogen-bond acceptors (Lipinski definition) is 5. The number of nitrogens with zero attached hydrogens (tertiary/aromatic N) is 2. The van der Waals surface area contributed by atoms with Crippen LogP contribution in [0, 0.1) is 5.92 Å². The third-order valence-electron chi connectivity index (χ3n) is 5.09. The van der Waals surface area contributed by atoms with Crippen molar-refractivity contribution >= 4 is 15.9 Å². The van der Waals surface area contributed by atoms with Crippen molar-refractivity contribution in [2.45, 2.75) is 37.6 Å². The number of nitrogens with one attached hydrogen (secondary N) is 1. The molecule has 0 aliphatic carbocycles. The smallest absolute Gasteiger partial charge is 0.243 e. The molecule has 1 aliphatic rings. The number of benzene rings is 1. The second-order valence-electron chi connectivity index (χ2n) is 7.07. The molecule has 0 bridgehead atoms. The highest BCUT2D eigenvalue weighted by Crippen LogP contribution is 2.26. The van der Waals surface area contributed by atoms with Gasteiger partial charge in [-0.25, -0.2) is 8.42 Å². The monoisotopic (exact) mass is 417 g/mol. The van der Waals surface area contributed by atoms with E-state index in [-0.39, 0.29) is 22.8 Å². The standard InChI is InChI=1S/C21H27N3O4S/c1-3-28-18-7-9-19(10-8-18)29(26,27)24-14-11-17(12-15-24)21(25)23-16(2)20-6-4-5-13-22-20/h4-10,13,16-17H,3,11-12,14-15H2,1-2H3,(H,23,25)/t16-/m0/s1. The number of sulfonamides is 1. The number of piperidine rings is 1. The van der Waals surface area contributed by atoms with Gasteiger partial charge in [0.1, 0.15) is 5.75 Å². The summed E-state index contributed by atoms with van der Waals surface area (Å²) in [6, 6.07) is 11.9. The zero-order valence-electron chi connectivity index (χ0n) is 16.7. The number of aromatic nitrogens is 1. The molecule has 1 aliphatic heterocycles. The first kappa shape index (κ1) is 21.3. The van der Waals surface area contributed by atoms with Crippen molar-refractivity contribution in [2.75, 3.05) is 19.7 Å².